The molecule has 30 heavy (non-hydrogen) atoms. The zero-order chi connectivity index (χ0) is 21.2. The molecule has 0 aliphatic rings. The third kappa shape index (κ3) is 5.87. The van der Waals surface area contributed by atoms with Gasteiger partial charge in [0.2, 0.25) is 0 Å². The van der Waals surface area contributed by atoms with Crippen molar-refractivity contribution in [3.63, 3.8) is 0 Å². The first-order chi connectivity index (χ1) is 14.6. The standard InChI is InChI=1S/C23H19N3O4/c27-23(25-24-16-6-10-20-9-4-5-11-22(20)26(28)29)17-30-21-14-12-19(13-15-21)18-7-2-1-3-8-18/h1-16H,17H2,(H,25,27)/b10-6+,24-16+. The molecule has 0 aliphatic heterocycles. The van der Waals surface area contributed by atoms with Gasteiger partial charge in [-0.25, -0.2) is 5.43 Å². The predicted molar refractivity (Wildman–Crippen MR) is 116 cm³/mol. The highest BCUT2D eigenvalue weighted by atomic mass is 16.6. The van der Waals surface area contributed by atoms with Gasteiger partial charge in [0.15, 0.2) is 6.61 Å². The average Bonchev–Trinajstić information content (AvgIpc) is 2.78. The molecule has 1 N–H and O–H groups in total. The van der Waals surface area contributed by atoms with Crippen LogP contribution in [0.5, 0.6) is 5.75 Å². The minimum atomic E-state index is -0.456. The Morgan fingerprint density at radius 1 is 0.967 bits per heavy atom. The molecule has 0 bridgehead atoms. The van der Waals surface area contributed by atoms with Gasteiger partial charge in [0, 0.05) is 12.3 Å². The molecule has 150 valence electrons. The number of hydrogen-bond donors (Lipinski definition) is 1. The largest absolute Gasteiger partial charge is 0.484 e. The summed E-state index contributed by atoms with van der Waals surface area (Å²) in [6.07, 6.45) is 4.38. The predicted octanol–water partition coefficient (Wildman–Crippen LogP) is 4.46. The number of carbonyl (C=O) groups excluding carboxylic acids is 1. The Morgan fingerprint density at radius 2 is 1.63 bits per heavy atom. The number of nitro benzene ring substituents is 1. The average molecular weight is 401 g/mol. The summed E-state index contributed by atoms with van der Waals surface area (Å²) in [6, 6.07) is 23.7. The molecule has 1 amide bonds. The molecule has 3 rings (SSSR count). The molecular weight excluding hydrogens is 382 g/mol. The van der Waals surface area contributed by atoms with Crippen molar-refractivity contribution >= 4 is 23.9 Å². The summed E-state index contributed by atoms with van der Waals surface area (Å²) >= 11 is 0. The molecule has 0 heterocycles. The van der Waals surface area contributed by atoms with Gasteiger partial charge in [0.25, 0.3) is 11.6 Å². The molecule has 0 aromatic heterocycles. The molecule has 0 fully saturated rings. The quantitative estimate of drug-likeness (QED) is 0.343. The number of amides is 1. The Bertz CT molecular complexity index is 1060. The van der Waals surface area contributed by atoms with E-state index in [1.807, 2.05) is 42.5 Å². The van der Waals surface area contributed by atoms with Crippen molar-refractivity contribution in [2.24, 2.45) is 5.10 Å². The zero-order valence-electron chi connectivity index (χ0n) is 16.0. The number of hydrogen-bond acceptors (Lipinski definition) is 5. The number of ether oxygens (including phenoxy) is 1. The van der Waals surface area contributed by atoms with Crippen LogP contribution >= 0.6 is 0 Å². The van der Waals surface area contributed by atoms with E-state index in [0.717, 1.165) is 11.1 Å². The Hall–Kier alpha value is -4.26. The molecule has 3 aromatic rings. The fraction of sp³-hybridized carbons (Fsp3) is 0.0435. The monoisotopic (exact) mass is 401 g/mol. The van der Waals surface area contributed by atoms with Crippen molar-refractivity contribution in [3.8, 4) is 16.9 Å². The van der Waals surface area contributed by atoms with Crippen molar-refractivity contribution < 1.29 is 14.5 Å². The topological polar surface area (TPSA) is 93.8 Å². The molecule has 0 saturated carbocycles. The maximum absolute atomic E-state index is 11.8. The first kappa shape index (κ1) is 20.5. The van der Waals surface area contributed by atoms with Gasteiger partial charge in [-0.3, -0.25) is 14.9 Å². The van der Waals surface area contributed by atoms with Gasteiger partial charge in [-0.1, -0.05) is 54.6 Å². The Labute approximate surface area is 173 Å². The highest BCUT2D eigenvalue weighted by Gasteiger charge is 2.08. The molecule has 0 radical (unpaired) electrons. The van der Waals surface area contributed by atoms with Crippen LogP contribution in [0.3, 0.4) is 0 Å². The van der Waals surface area contributed by atoms with Crippen molar-refractivity contribution in [3.05, 3.63) is 101 Å². The van der Waals surface area contributed by atoms with Gasteiger partial charge in [0.1, 0.15) is 5.75 Å². The van der Waals surface area contributed by atoms with Gasteiger partial charge in [-0.05, 0) is 41.5 Å². The summed E-state index contributed by atoms with van der Waals surface area (Å²) in [5.74, 6) is 0.155. The maximum Gasteiger partial charge on any atom is 0.277 e. The fourth-order valence-corrected chi connectivity index (χ4v) is 2.65. The van der Waals surface area contributed by atoms with Gasteiger partial charge in [-0.2, -0.15) is 5.10 Å². The lowest BCUT2D eigenvalue weighted by atomic mass is 10.1. The van der Waals surface area contributed by atoms with Gasteiger partial charge in [0.05, 0.1) is 10.5 Å². The lowest BCUT2D eigenvalue weighted by Gasteiger charge is -2.06. The Morgan fingerprint density at radius 3 is 2.37 bits per heavy atom. The number of nitro groups is 1. The SMILES string of the molecule is O=C(COc1ccc(-c2ccccc2)cc1)N/N=C/C=C/c1ccccc1[N+](=O)[O-]. The van der Waals surface area contributed by atoms with Crippen LogP contribution in [-0.2, 0) is 4.79 Å². The lowest BCUT2D eigenvalue weighted by molar-refractivity contribution is -0.385. The van der Waals surface area contributed by atoms with E-state index in [1.165, 1.54) is 18.4 Å². The first-order valence-electron chi connectivity index (χ1n) is 9.14. The minimum Gasteiger partial charge on any atom is -0.484 e. The lowest BCUT2D eigenvalue weighted by Crippen LogP contribution is -2.24. The van der Waals surface area contributed by atoms with E-state index in [9.17, 15) is 14.9 Å². The van der Waals surface area contributed by atoms with E-state index in [-0.39, 0.29) is 12.3 Å². The minimum absolute atomic E-state index is 0.00197. The van der Waals surface area contributed by atoms with Crippen LogP contribution in [-0.4, -0.2) is 23.7 Å². The Balaban J connectivity index is 1.45. The van der Waals surface area contributed by atoms with E-state index in [0.29, 0.717) is 11.3 Å². The molecule has 7 nitrogen and oxygen atoms in total. The number of nitrogens with one attached hydrogen (secondary N) is 1. The van der Waals surface area contributed by atoms with Crippen LogP contribution in [0.4, 0.5) is 5.69 Å². The second-order valence-electron chi connectivity index (χ2n) is 6.17. The van der Waals surface area contributed by atoms with E-state index in [2.05, 4.69) is 10.5 Å². The van der Waals surface area contributed by atoms with Crippen LogP contribution in [0.1, 0.15) is 5.56 Å². The number of carbonyl (C=O) groups is 1. The van der Waals surface area contributed by atoms with Gasteiger partial charge < -0.3 is 4.74 Å². The molecule has 0 aliphatic carbocycles. The third-order valence-corrected chi connectivity index (χ3v) is 4.09. The van der Waals surface area contributed by atoms with E-state index >= 15 is 0 Å². The molecular formula is C23H19N3O4. The number of nitrogens with zero attached hydrogens (tertiary/aromatic N) is 2. The smallest absolute Gasteiger partial charge is 0.277 e. The summed E-state index contributed by atoms with van der Waals surface area (Å²) in [7, 11) is 0. The molecule has 7 heteroatoms. The number of para-hydroxylation sites is 1. The van der Waals surface area contributed by atoms with Crippen molar-refractivity contribution in [2.45, 2.75) is 0 Å². The normalized spacial score (nSPS) is 10.9. The van der Waals surface area contributed by atoms with Crippen molar-refractivity contribution in [1.29, 1.82) is 0 Å². The molecule has 3 aromatic carbocycles. The molecule has 0 saturated heterocycles. The summed E-state index contributed by atoms with van der Waals surface area (Å²) in [5, 5.41) is 14.7. The van der Waals surface area contributed by atoms with Crippen LogP contribution < -0.4 is 10.2 Å². The highest BCUT2D eigenvalue weighted by Crippen LogP contribution is 2.22. The van der Waals surface area contributed by atoms with E-state index in [4.69, 9.17) is 4.74 Å². The fourth-order valence-electron chi connectivity index (χ4n) is 2.65. The third-order valence-electron chi connectivity index (χ3n) is 4.09. The van der Waals surface area contributed by atoms with Crippen LogP contribution in [0.25, 0.3) is 17.2 Å². The number of hydrazone groups is 1. The maximum atomic E-state index is 11.8. The summed E-state index contributed by atoms with van der Waals surface area (Å²) in [5.41, 5.74) is 4.94. The number of allylic oxidation sites excluding steroid dienone is 1. The van der Waals surface area contributed by atoms with E-state index in [1.54, 1.807) is 36.4 Å². The summed E-state index contributed by atoms with van der Waals surface area (Å²) in [4.78, 5) is 22.3. The van der Waals surface area contributed by atoms with Crippen LogP contribution in [0.15, 0.2) is 90.0 Å². The van der Waals surface area contributed by atoms with Crippen LogP contribution in [0.2, 0.25) is 0 Å². The molecule has 0 atom stereocenters. The van der Waals surface area contributed by atoms with Gasteiger partial charge >= 0.3 is 0 Å². The van der Waals surface area contributed by atoms with E-state index < -0.39 is 10.8 Å². The van der Waals surface area contributed by atoms with Crippen molar-refractivity contribution in [1.82, 2.24) is 5.43 Å². The Kier molecular flexibility index (Phi) is 7.05. The first-order valence-corrected chi connectivity index (χ1v) is 9.14. The van der Waals surface area contributed by atoms with Gasteiger partial charge in [-0.15, -0.1) is 0 Å². The van der Waals surface area contributed by atoms with Crippen molar-refractivity contribution in [2.75, 3.05) is 6.61 Å². The zero-order valence-corrected chi connectivity index (χ0v) is 16.0. The van der Waals surface area contributed by atoms with Crippen LogP contribution in [0, 0.1) is 10.1 Å². The number of rotatable bonds is 8. The summed E-state index contributed by atoms with van der Waals surface area (Å²) < 4.78 is 5.45. The number of benzene rings is 3. The molecule has 0 spiro atoms. The summed E-state index contributed by atoms with van der Waals surface area (Å²) in [6.45, 7) is -0.185. The second kappa shape index (κ2) is 10.3. The molecule has 0 unspecified atom stereocenters. The second-order valence-corrected chi connectivity index (χ2v) is 6.17. The highest BCUT2D eigenvalue weighted by molar-refractivity contribution is 5.82.